The molecule has 1 unspecified atom stereocenters. The van der Waals surface area contributed by atoms with Crippen LogP contribution in [0.15, 0.2) is 54.6 Å². The number of amides is 2. The molecule has 0 radical (unpaired) electrons. The second-order valence-electron chi connectivity index (χ2n) is 7.85. The Kier molecular flexibility index (Phi) is 5.92. The highest BCUT2D eigenvalue weighted by Gasteiger charge is 2.49. The van der Waals surface area contributed by atoms with E-state index in [4.69, 9.17) is 0 Å². The largest absolute Gasteiger partial charge is 0.508 e. The number of hydrogen-bond acceptors (Lipinski definition) is 4. The first kappa shape index (κ1) is 21.9. The van der Waals surface area contributed by atoms with Crippen molar-refractivity contribution >= 4 is 28.8 Å². The number of para-hydroxylation sites is 2. The van der Waals surface area contributed by atoms with E-state index < -0.39 is 30.5 Å². The first-order chi connectivity index (χ1) is 15.2. The molecule has 2 aliphatic heterocycles. The van der Waals surface area contributed by atoms with Gasteiger partial charge in [-0.25, -0.2) is 0 Å². The number of fused-ring (bicyclic) bond motifs is 1. The number of anilines is 2. The smallest absolute Gasteiger partial charge is 0.409 e. The molecule has 2 aromatic carbocycles. The number of nitrogens with zero attached hydrogens (tertiary/aromatic N) is 2. The minimum absolute atomic E-state index is 0.0445. The summed E-state index contributed by atoms with van der Waals surface area (Å²) in [6.45, 7) is 0.710. The molecule has 0 saturated heterocycles. The maximum Gasteiger partial charge on any atom is 0.409 e. The van der Waals surface area contributed by atoms with Crippen molar-refractivity contribution in [1.82, 2.24) is 4.90 Å². The molecule has 4 rings (SSSR count). The summed E-state index contributed by atoms with van der Waals surface area (Å²) < 4.78 is 41.5. The zero-order chi connectivity index (χ0) is 22.9. The monoisotopic (exact) mass is 445 g/mol. The number of nitrogens with one attached hydrogen (secondary N) is 1. The second kappa shape index (κ2) is 8.66. The molecule has 0 bridgehead atoms. The van der Waals surface area contributed by atoms with Gasteiger partial charge >= 0.3 is 6.18 Å². The average molecular weight is 445 g/mol. The van der Waals surface area contributed by atoms with E-state index >= 15 is 0 Å². The molecule has 0 fully saturated rings. The van der Waals surface area contributed by atoms with Gasteiger partial charge in [-0.15, -0.1) is 0 Å². The summed E-state index contributed by atoms with van der Waals surface area (Å²) in [5.74, 6) is -1.32. The zero-order valence-electron chi connectivity index (χ0n) is 17.1. The number of hydrogen-bond donors (Lipinski definition) is 2. The van der Waals surface area contributed by atoms with Crippen molar-refractivity contribution in [3.63, 3.8) is 0 Å². The van der Waals surface area contributed by atoms with Crippen molar-refractivity contribution in [2.24, 2.45) is 0 Å². The lowest BCUT2D eigenvalue weighted by Crippen LogP contribution is -2.52. The number of phenolic OH excluding ortho intramolecular Hbond substituents is 1. The Hall–Kier alpha value is -3.33. The van der Waals surface area contributed by atoms with Crippen LogP contribution in [0.2, 0.25) is 0 Å². The predicted molar refractivity (Wildman–Crippen MR) is 114 cm³/mol. The van der Waals surface area contributed by atoms with Gasteiger partial charge in [0.05, 0.1) is 24.3 Å². The van der Waals surface area contributed by atoms with E-state index in [0.717, 1.165) is 11.1 Å². The van der Waals surface area contributed by atoms with Gasteiger partial charge in [0.25, 0.3) is 0 Å². The Morgan fingerprint density at radius 1 is 1.12 bits per heavy atom. The topological polar surface area (TPSA) is 72.9 Å². The van der Waals surface area contributed by atoms with Crippen molar-refractivity contribution < 1.29 is 27.9 Å². The van der Waals surface area contributed by atoms with Crippen molar-refractivity contribution in [3.8, 4) is 5.75 Å². The van der Waals surface area contributed by atoms with Crippen LogP contribution >= 0.6 is 0 Å². The minimum atomic E-state index is -4.75. The number of rotatable bonds is 3. The fraction of sp³-hybridized carbons (Fsp3) is 0.304. The van der Waals surface area contributed by atoms with E-state index in [9.17, 15) is 27.9 Å². The van der Waals surface area contributed by atoms with Gasteiger partial charge < -0.3 is 10.4 Å². The van der Waals surface area contributed by atoms with Crippen LogP contribution in [0.3, 0.4) is 0 Å². The van der Waals surface area contributed by atoms with Crippen molar-refractivity contribution in [2.45, 2.75) is 25.1 Å². The SMILES string of the molecule is O=C1CC(C(F)(F)F)N(C(=O)CN2CC=C(c3ccc(O)cc3)CC2)c2ccccc2N1. The molecule has 32 heavy (non-hydrogen) atoms. The van der Waals surface area contributed by atoms with Crippen LogP contribution in [0.25, 0.3) is 5.57 Å². The highest BCUT2D eigenvalue weighted by atomic mass is 19.4. The van der Waals surface area contributed by atoms with E-state index in [1.165, 1.54) is 18.2 Å². The van der Waals surface area contributed by atoms with Gasteiger partial charge in [-0.1, -0.05) is 30.3 Å². The molecule has 168 valence electrons. The van der Waals surface area contributed by atoms with Crippen LogP contribution in [-0.4, -0.2) is 53.7 Å². The van der Waals surface area contributed by atoms with Crippen molar-refractivity contribution in [3.05, 3.63) is 60.2 Å². The third-order valence-corrected chi connectivity index (χ3v) is 5.66. The second-order valence-corrected chi connectivity index (χ2v) is 7.85. The maximum atomic E-state index is 13.8. The number of halogens is 3. The van der Waals surface area contributed by atoms with Crippen LogP contribution in [0, 0.1) is 0 Å². The standard InChI is InChI=1S/C23H22F3N3O3/c24-23(25,26)20-13-21(31)27-18-3-1-2-4-19(18)29(20)22(32)14-28-11-9-16(10-12-28)15-5-7-17(30)8-6-15/h1-9,20,30H,10-14H2,(H,27,31). The molecule has 0 spiro atoms. The van der Waals surface area contributed by atoms with Crippen molar-refractivity contribution in [2.75, 3.05) is 29.9 Å². The van der Waals surface area contributed by atoms with Crippen LogP contribution < -0.4 is 10.2 Å². The fourth-order valence-electron chi connectivity index (χ4n) is 4.06. The van der Waals surface area contributed by atoms with Crippen LogP contribution in [0.5, 0.6) is 5.75 Å². The molecule has 2 N–H and O–H groups in total. The minimum Gasteiger partial charge on any atom is -0.508 e. The fourth-order valence-corrected chi connectivity index (χ4v) is 4.06. The summed E-state index contributed by atoms with van der Waals surface area (Å²) in [7, 11) is 0. The lowest BCUT2D eigenvalue weighted by molar-refractivity contribution is -0.158. The van der Waals surface area contributed by atoms with Gasteiger partial charge in [-0.05, 0) is 41.8 Å². The molecular weight excluding hydrogens is 423 g/mol. The molecule has 0 aromatic heterocycles. The van der Waals surface area contributed by atoms with Crippen LogP contribution in [0.4, 0.5) is 24.5 Å². The summed E-state index contributed by atoms with van der Waals surface area (Å²) in [4.78, 5) is 27.7. The molecule has 1 atom stereocenters. The summed E-state index contributed by atoms with van der Waals surface area (Å²) in [5, 5.41) is 11.9. The number of phenols is 1. The predicted octanol–water partition coefficient (Wildman–Crippen LogP) is 3.79. The molecule has 6 nitrogen and oxygen atoms in total. The molecule has 0 saturated carbocycles. The summed E-state index contributed by atoms with van der Waals surface area (Å²) in [5.41, 5.74) is 2.24. The average Bonchev–Trinajstić information content (AvgIpc) is 2.90. The molecule has 0 aliphatic carbocycles. The van der Waals surface area contributed by atoms with E-state index in [0.29, 0.717) is 24.4 Å². The quantitative estimate of drug-likeness (QED) is 0.754. The Morgan fingerprint density at radius 2 is 1.84 bits per heavy atom. The number of alkyl halides is 3. The number of benzene rings is 2. The van der Waals surface area contributed by atoms with Gasteiger partial charge in [-0.3, -0.25) is 19.4 Å². The molecule has 2 aliphatic rings. The van der Waals surface area contributed by atoms with Gasteiger partial charge in [0, 0.05) is 13.1 Å². The Labute approximate surface area is 182 Å². The van der Waals surface area contributed by atoms with Gasteiger partial charge in [0.1, 0.15) is 11.8 Å². The third kappa shape index (κ3) is 4.62. The van der Waals surface area contributed by atoms with Gasteiger partial charge in [0.15, 0.2) is 0 Å². The molecule has 9 heteroatoms. The van der Waals surface area contributed by atoms with Crippen LogP contribution in [-0.2, 0) is 9.59 Å². The van der Waals surface area contributed by atoms with E-state index in [1.54, 1.807) is 35.2 Å². The van der Waals surface area contributed by atoms with Crippen LogP contribution in [0.1, 0.15) is 18.4 Å². The summed E-state index contributed by atoms with van der Waals surface area (Å²) >= 11 is 0. The number of aromatic hydroxyl groups is 1. The molecular formula is C23H22F3N3O3. The normalized spacial score (nSPS) is 19.6. The van der Waals surface area contributed by atoms with E-state index in [1.807, 2.05) is 6.08 Å². The maximum absolute atomic E-state index is 13.8. The van der Waals surface area contributed by atoms with E-state index in [2.05, 4.69) is 5.32 Å². The highest BCUT2D eigenvalue weighted by Crippen LogP contribution is 2.38. The third-order valence-electron chi connectivity index (χ3n) is 5.66. The lowest BCUT2D eigenvalue weighted by Gasteiger charge is -2.34. The summed E-state index contributed by atoms with van der Waals surface area (Å²) in [6.07, 6.45) is -3.05. The highest BCUT2D eigenvalue weighted by molar-refractivity contribution is 6.05. The first-order valence-corrected chi connectivity index (χ1v) is 10.2. The Balaban J connectivity index is 1.54. The molecule has 2 heterocycles. The number of carbonyl (C=O) groups excluding carboxylic acids is 2. The number of carbonyl (C=O) groups is 2. The lowest BCUT2D eigenvalue weighted by atomic mass is 9.99. The first-order valence-electron chi connectivity index (χ1n) is 10.2. The van der Waals surface area contributed by atoms with Crippen molar-refractivity contribution in [1.29, 1.82) is 0 Å². The Morgan fingerprint density at radius 3 is 2.50 bits per heavy atom. The van der Waals surface area contributed by atoms with Gasteiger partial charge in [-0.2, -0.15) is 13.2 Å². The molecule has 2 amide bonds. The Bertz CT molecular complexity index is 1050. The van der Waals surface area contributed by atoms with E-state index in [-0.39, 0.29) is 23.7 Å². The van der Waals surface area contributed by atoms with Gasteiger partial charge in [0.2, 0.25) is 11.8 Å². The zero-order valence-corrected chi connectivity index (χ0v) is 17.1. The summed E-state index contributed by atoms with van der Waals surface area (Å²) in [6, 6.07) is 10.6. The molecule has 2 aromatic rings.